The van der Waals surface area contributed by atoms with Crippen molar-refractivity contribution in [3.05, 3.63) is 89.5 Å². The second-order valence-corrected chi connectivity index (χ2v) is 6.35. The van der Waals surface area contributed by atoms with E-state index in [1.807, 2.05) is 36.4 Å². The van der Waals surface area contributed by atoms with Crippen molar-refractivity contribution < 1.29 is 19.6 Å². The fourth-order valence-electron chi connectivity index (χ4n) is 3.63. The van der Waals surface area contributed by atoms with Gasteiger partial charge in [-0.15, -0.1) is 0 Å². The van der Waals surface area contributed by atoms with Crippen molar-refractivity contribution >= 4 is 0 Å². The smallest absolute Gasteiger partial charge is 0.165 e. The Labute approximate surface area is 152 Å². The monoisotopic (exact) mass is 348 g/mol. The highest BCUT2D eigenvalue weighted by molar-refractivity contribution is 5.50. The van der Waals surface area contributed by atoms with Crippen LogP contribution in [0.4, 0.5) is 0 Å². The number of hydrogen-bond acceptors (Lipinski definition) is 4. The van der Waals surface area contributed by atoms with Crippen molar-refractivity contribution in [2.45, 2.75) is 11.8 Å². The van der Waals surface area contributed by atoms with Crippen LogP contribution in [-0.4, -0.2) is 18.8 Å². The Bertz CT molecular complexity index is 874. The zero-order valence-corrected chi connectivity index (χ0v) is 14.5. The number of benzene rings is 3. The third-order valence-electron chi connectivity index (χ3n) is 4.80. The highest BCUT2D eigenvalue weighted by Gasteiger charge is 2.33. The van der Waals surface area contributed by atoms with E-state index in [4.69, 9.17) is 14.5 Å². The van der Waals surface area contributed by atoms with Gasteiger partial charge in [-0.05, 0) is 29.3 Å². The van der Waals surface area contributed by atoms with Gasteiger partial charge in [0.2, 0.25) is 0 Å². The maximum Gasteiger partial charge on any atom is 0.165 e. The van der Waals surface area contributed by atoms with E-state index in [0.29, 0.717) is 12.4 Å². The molecule has 0 radical (unpaired) electrons. The zero-order chi connectivity index (χ0) is 17.9. The summed E-state index contributed by atoms with van der Waals surface area (Å²) in [6.07, 6.45) is 0. The lowest BCUT2D eigenvalue weighted by Gasteiger charge is -2.34. The van der Waals surface area contributed by atoms with Crippen LogP contribution >= 0.6 is 0 Å². The molecular formula is C22H20O4. The molecule has 2 atom stereocenters. The summed E-state index contributed by atoms with van der Waals surface area (Å²) in [6.45, 7) is 0.557. The fraction of sp³-hybridized carbons (Fsp3) is 0.182. The van der Waals surface area contributed by atoms with Crippen LogP contribution in [0.3, 0.4) is 0 Å². The molecule has 1 aliphatic heterocycles. The Balaban J connectivity index is 1.79. The summed E-state index contributed by atoms with van der Waals surface area (Å²) in [5, 5.41) is 9.81. The second-order valence-electron chi connectivity index (χ2n) is 6.35. The number of aromatic hydroxyl groups is 1. The number of phenols is 1. The van der Waals surface area contributed by atoms with Crippen LogP contribution in [0.1, 0.15) is 28.5 Å². The van der Waals surface area contributed by atoms with Crippen molar-refractivity contribution in [1.82, 2.24) is 0 Å². The first-order valence-corrected chi connectivity index (χ1v) is 8.57. The minimum atomic E-state index is 0.123. The lowest BCUT2D eigenvalue weighted by molar-refractivity contribution is -0.178. The van der Waals surface area contributed by atoms with Gasteiger partial charge in [-0.3, -0.25) is 0 Å². The van der Waals surface area contributed by atoms with E-state index in [1.54, 1.807) is 12.1 Å². The van der Waals surface area contributed by atoms with E-state index in [1.165, 1.54) is 12.7 Å². The lowest BCUT2D eigenvalue weighted by Crippen LogP contribution is -2.25. The van der Waals surface area contributed by atoms with Gasteiger partial charge < -0.3 is 14.7 Å². The average molecular weight is 348 g/mol. The molecule has 1 unspecified atom stereocenters. The summed E-state index contributed by atoms with van der Waals surface area (Å²) in [5.74, 6) is 1.91. The van der Waals surface area contributed by atoms with E-state index in [0.717, 1.165) is 16.9 Å². The Morgan fingerprint density at radius 3 is 2.42 bits per heavy atom. The predicted molar refractivity (Wildman–Crippen MR) is 98.7 cm³/mol. The third-order valence-corrected chi connectivity index (χ3v) is 4.80. The Morgan fingerprint density at radius 1 is 0.923 bits per heavy atom. The van der Waals surface area contributed by atoms with Crippen LogP contribution in [0.2, 0.25) is 0 Å². The fourth-order valence-corrected chi connectivity index (χ4v) is 3.63. The molecule has 26 heavy (non-hydrogen) atoms. The quantitative estimate of drug-likeness (QED) is 0.551. The molecule has 132 valence electrons. The molecule has 0 fully saturated rings. The van der Waals surface area contributed by atoms with Gasteiger partial charge in [-0.2, -0.15) is 4.89 Å². The maximum absolute atomic E-state index is 9.81. The molecule has 0 saturated carbocycles. The summed E-state index contributed by atoms with van der Waals surface area (Å²) in [5.41, 5.74) is 3.47. The van der Waals surface area contributed by atoms with Crippen molar-refractivity contribution in [1.29, 1.82) is 0 Å². The minimum Gasteiger partial charge on any atom is -0.508 e. The summed E-state index contributed by atoms with van der Waals surface area (Å²) in [6, 6.07) is 23.6. The number of phenolic OH excluding ortho intramolecular Hbond substituents is 1. The van der Waals surface area contributed by atoms with Gasteiger partial charge in [0.05, 0.1) is 13.7 Å². The van der Waals surface area contributed by atoms with Gasteiger partial charge in [0, 0.05) is 23.5 Å². The lowest BCUT2D eigenvalue weighted by atomic mass is 9.76. The molecule has 0 saturated heterocycles. The molecule has 4 heteroatoms. The minimum absolute atomic E-state index is 0.123. The van der Waals surface area contributed by atoms with Crippen LogP contribution in [0.5, 0.6) is 17.2 Å². The van der Waals surface area contributed by atoms with Crippen molar-refractivity contribution in [3.8, 4) is 17.2 Å². The van der Waals surface area contributed by atoms with Crippen molar-refractivity contribution in [2.24, 2.45) is 0 Å². The number of fused-ring (bicyclic) bond motifs is 1. The second kappa shape index (κ2) is 7.10. The standard InChI is InChI=1S/C22H20O4/c1-24-26-18-10-7-16(8-11-18)22-19-12-9-17(23)13-21(19)25-14-20(22)15-5-3-2-4-6-15/h2-13,20,22-23H,14H2,1H3/t20?,22-/m1/s1. The first-order valence-electron chi connectivity index (χ1n) is 8.57. The van der Waals surface area contributed by atoms with Crippen molar-refractivity contribution in [3.63, 3.8) is 0 Å². The van der Waals surface area contributed by atoms with Crippen molar-refractivity contribution in [2.75, 3.05) is 13.7 Å². The highest BCUT2D eigenvalue weighted by atomic mass is 17.2. The molecular weight excluding hydrogens is 328 g/mol. The van der Waals surface area contributed by atoms with Gasteiger partial charge in [-0.1, -0.05) is 48.5 Å². The molecule has 1 heterocycles. The highest BCUT2D eigenvalue weighted by Crippen LogP contribution is 2.47. The van der Waals surface area contributed by atoms with Crippen LogP contribution in [0, 0.1) is 0 Å². The molecule has 1 N–H and O–H groups in total. The topological polar surface area (TPSA) is 47.9 Å². The summed E-state index contributed by atoms with van der Waals surface area (Å²) in [4.78, 5) is 9.81. The Hall–Kier alpha value is -2.98. The molecule has 0 amide bonds. The first-order chi connectivity index (χ1) is 12.8. The van der Waals surface area contributed by atoms with Crippen LogP contribution in [0.25, 0.3) is 0 Å². The third kappa shape index (κ3) is 3.11. The number of hydrogen-bond donors (Lipinski definition) is 1. The summed E-state index contributed by atoms with van der Waals surface area (Å²) in [7, 11) is 1.49. The normalized spacial score (nSPS) is 18.7. The van der Waals surface area contributed by atoms with Gasteiger partial charge >= 0.3 is 0 Å². The molecule has 0 spiro atoms. The number of ether oxygens (including phenoxy) is 1. The number of rotatable bonds is 4. The molecule has 3 aromatic carbocycles. The van der Waals surface area contributed by atoms with Gasteiger partial charge in [-0.25, -0.2) is 0 Å². The van der Waals surface area contributed by atoms with E-state index >= 15 is 0 Å². The van der Waals surface area contributed by atoms with Gasteiger partial charge in [0.15, 0.2) is 5.75 Å². The first kappa shape index (κ1) is 16.5. The summed E-state index contributed by atoms with van der Waals surface area (Å²) < 4.78 is 5.98. The van der Waals surface area contributed by atoms with E-state index in [9.17, 15) is 5.11 Å². The van der Waals surface area contributed by atoms with Gasteiger partial charge in [0.25, 0.3) is 0 Å². The Kier molecular flexibility index (Phi) is 4.50. The maximum atomic E-state index is 9.81. The molecule has 3 aromatic rings. The SMILES string of the molecule is COOc1ccc([C@@H]2c3ccc(O)cc3OCC2c2ccccc2)cc1. The molecule has 0 bridgehead atoms. The molecule has 4 nitrogen and oxygen atoms in total. The molecule has 0 aliphatic carbocycles. The molecule has 1 aliphatic rings. The van der Waals surface area contributed by atoms with Gasteiger partial charge in [0.1, 0.15) is 11.5 Å². The van der Waals surface area contributed by atoms with E-state index in [-0.39, 0.29) is 17.6 Å². The van der Waals surface area contributed by atoms with E-state index in [2.05, 4.69) is 24.3 Å². The Morgan fingerprint density at radius 2 is 1.69 bits per heavy atom. The summed E-state index contributed by atoms with van der Waals surface area (Å²) >= 11 is 0. The zero-order valence-electron chi connectivity index (χ0n) is 14.5. The van der Waals surface area contributed by atoms with Crippen LogP contribution < -0.4 is 9.62 Å². The van der Waals surface area contributed by atoms with Crippen LogP contribution in [0.15, 0.2) is 72.8 Å². The van der Waals surface area contributed by atoms with E-state index < -0.39 is 0 Å². The largest absolute Gasteiger partial charge is 0.508 e. The molecule has 4 rings (SSSR count). The predicted octanol–water partition coefficient (Wildman–Crippen LogP) is 4.64. The average Bonchev–Trinajstić information content (AvgIpc) is 2.68. The van der Waals surface area contributed by atoms with Crippen LogP contribution in [-0.2, 0) is 4.89 Å². The molecule has 0 aromatic heterocycles.